The molecule has 0 aliphatic heterocycles. The zero-order chi connectivity index (χ0) is 11.4. The number of nitriles is 2. The Bertz CT molecular complexity index is 312. The topological polar surface area (TPSA) is 108 Å². The van der Waals surface area contributed by atoms with Crippen molar-refractivity contribution in [3.8, 4) is 12.1 Å². The number of hydrogen-bond acceptors (Lipinski definition) is 5. The summed E-state index contributed by atoms with van der Waals surface area (Å²) in [5, 5.41) is 45.1. The molecule has 1 aliphatic carbocycles. The third-order valence-electron chi connectivity index (χ3n) is 2.52. The highest BCUT2D eigenvalue weighted by Crippen LogP contribution is 2.26. The largest absolute Gasteiger partial charge is 0.390 e. The van der Waals surface area contributed by atoms with Crippen LogP contribution in [-0.2, 0) is 0 Å². The normalized spacial score (nSPS) is 35.0. The van der Waals surface area contributed by atoms with Crippen LogP contribution in [-0.4, -0.2) is 33.6 Å². The molecule has 0 aromatic carbocycles. The summed E-state index contributed by atoms with van der Waals surface area (Å²) in [6, 6.07) is 3.43. The van der Waals surface area contributed by atoms with E-state index in [9.17, 15) is 15.3 Å². The number of allylic oxidation sites excluding steroid dienone is 2. The van der Waals surface area contributed by atoms with Gasteiger partial charge in [-0.25, -0.2) is 0 Å². The summed E-state index contributed by atoms with van der Waals surface area (Å²) < 4.78 is 0. The van der Waals surface area contributed by atoms with Crippen molar-refractivity contribution < 1.29 is 15.3 Å². The fraction of sp³-hybridized carbons (Fsp3) is 0.600. The van der Waals surface area contributed by atoms with Gasteiger partial charge >= 0.3 is 0 Å². The van der Waals surface area contributed by atoms with Crippen molar-refractivity contribution in [1.82, 2.24) is 0 Å². The lowest BCUT2D eigenvalue weighted by Gasteiger charge is -2.32. The first-order valence-electron chi connectivity index (χ1n) is 4.64. The van der Waals surface area contributed by atoms with Crippen LogP contribution in [0.15, 0.2) is 11.6 Å². The minimum atomic E-state index is -1.14. The molecule has 1 rings (SSSR count). The van der Waals surface area contributed by atoms with Crippen LogP contribution in [0.5, 0.6) is 0 Å². The lowest BCUT2D eigenvalue weighted by Crippen LogP contribution is -2.43. The van der Waals surface area contributed by atoms with Crippen LogP contribution in [0.25, 0.3) is 0 Å². The molecule has 1 fully saturated rings. The molecule has 0 aromatic heterocycles. The maximum Gasteiger partial charge on any atom is 0.125 e. The molecule has 1 aliphatic rings. The molecule has 2 unspecified atom stereocenters. The van der Waals surface area contributed by atoms with Gasteiger partial charge in [-0.15, -0.1) is 0 Å². The molecule has 0 aromatic rings. The lowest BCUT2D eigenvalue weighted by molar-refractivity contribution is -0.0941. The predicted molar refractivity (Wildman–Crippen MR) is 50.1 cm³/mol. The number of hydrogen-bond donors (Lipinski definition) is 3. The van der Waals surface area contributed by atoms with Gasteiger partial charge in [0.2, 0.25) is 0 Å². The molecule has 0 bridgehead atoms. The molecule has 1 saturated carbocycles. The van der Waals surface area contributed by atoms with E-state index in [-0.39, 0.29) is 24.3 Å². The van der Waals surface area contributed by atoms with Gasteiger partial charge in [0.05, 0.1) is 12.2 Å². The van der Waals surface area contributed by atoms with Gasteiger partial charge in [-0.1, -0.05) is 6.08 Å². The van der Waals surface area contributed by atoms with Gasteiger partial charge in [-0.2, -0.15) is 10.5 Å². The van der Waals surface area contributed by atoms with Crippen LogP contribution in [0.2, 0.25) is 0 Å². The summed E-state index contributed by atoms with van der Waals surface area (Å²) in [6.45, 7) is 0. The van der Waals surface area contributed by atoms with E-state index in [1.165, 1.54) is 6.08 Å². The van der Waals surface area contributed by atoms with Crippen LogP contribution in [0.1, 0.15) is 12.8 Å². The van der Waals surface area contributed by atoms with E-state index >= 15 is 0 Å². The Morgan fingerprint density at radius 1 is 1.07 bits per heavy atom. The van der Waals surface area contributed by atoms with Gasteiger partial charge in [0.1, 0.15) is 23.8 Å². The first-order valence-corrected chi connectivity index (χ1v) is 4.64. The molecule has 0 heterocycles. The summed E-state index contributed by atoms with van der Waals surface area (Å²) in [4.78, 5) is 0. The van der Waals surface area contributed by atoms with E-state index < -0.39 is 18.3 Å². The fourth-order valence-electron chi connectivity index (χ4n) is 1.72. The average molecular weight is 208 g/mol. The van der Waals surface area contributed by atoms with E-state index in [4.69, 9.17) is 10.5 Å². The maximum absolute atomic E-state index is 9.37. The molecule has 0 saturated heterocycles. The van der Waals surface area contributed by atoms with E-state index in [0.717, 1.165) is 0 Å². The number of nitrogens with zero attached hydrogens (tertiary/aromatic N) is 2. The Balaban J connectivity index is 2.72. The zero-order valence-electron chi connectivity index (χ0n) is 8.04. The Labute approximate surface area is 87.5 Å². The van der Waals surface area contributed by atoms with Gasteiger partial charge in [0.25, 0.3) is 0 Å². The summed E-state index contributed by atoms with van der Waals surface area (Å²) in [7, 11) is 0. The van der Waals surface area contributed by atoms with Crippen molar-refractivity contribution in [2.75, 3.05) is 0 Å². The van der Waals surface area contributed by atoms with Gasteiger partial charge in [0, 0.05) is 0 Å². The molecule has 3 N–H and O–H groups in total. The molecular weight excluding hydrogens is 196 g/mol. The van der Waals surface area contributed by atoms with Crippen LogP contribution in [0.3, 0.4) is 0 Å². The standard InChI is InChI=1S/C10H12N2O3/c11-4-7(5-12)1-6-2-8(13)10(15)9(14)3-6/h1,6,8-10,13-15H,2-3H2. The van der Waals surface area contributed by atoms with E-state index in [2.05, 4.69) is 0 Å². The highest BCUT2D eigenvalue weighted by molar-refractivity contribution is 5.35. The number of aliphatic hydroxyl groups is 3. The Kier molecular flexibility index (Phi) is 3.81. The molecule has 15 heavy (non-hydrogen) atoms. The first kappa shape index (κ1) is 11.7. The lowest BCUT2D eigenvalue weighted by atomic mass is 9.82. The van der Waals surface area contributed by atoms with Gasteiger partial charge < -0.3 is 15.3 Å². The molecule has 5 nitrogen and oxygen atoms in total. The second-order valence-electron chi connectivity index (χ2n) is 3.66. The van der Waals surface area contributed by atoms with E-state index in [1.54, 1.807) is 12.1 Å². The summed E-state index contributed by atoms with van der Waals surface area (Å²) >= 11 is 0. The predicted octanol–water partition coefficient (Wildman–Crippen LogP) is -0.547. The van der Waals surface area contributed by atoms with Crippen LogP contribution >= 0.6 is 0 Å². The van der Waals surface area contributed by atoms with Crippen molar-refractivity contribution in [2.24, 2.45) is 5.92 Å². The van der Waals surface area contributed by atoms with Gasteiger partial charge in [0.15, 0.2) is 0 Å². The molecule has 80 valence electrons. The molecule has 0 radical (unpaired) electrons. The third kappa shape index (κ3) is 2.77. The molecular formula is C10H12N2O3. The minimum Gasteiger partial charge on any atom is -0.390 e. The van der Waals surface area contributed by atoms with E-state index in [0.29, 0.717) is 0 Å². The molecule has 2 atom stereocenters. The average Bonchev–Trinajstić information content (AvgIpc) is 2.22. The van der Waals surface area contributed by atoms with E-state index in [1.807, 2.05) is 0 Å². The van der Waals surface area contributed by atoms with Crippen molar-refractivity contribution in [1.29, 1.82) is 10.5 Å². The number of aliphatic hydroxyl groups excluding tert-OH is 3. The van der Waals surface area contributed by atoms with Crippen LogP contribution in [0, 0.1) is 28.6 Å². The SMILES string of the molecule is N#CC(C#N)=CC1CC(O)C(O)C(O)C1. The van der Waals surface area contributed by atoms with Crippen LogP contribution < -0.4 is 0 Å². The fourth-order valence-corrected chi connectivity index (χ4v) is 1.72. The van der Waals surface area contributed by atoms with Crippen LogP contribution in [0.4, 0.5) is 0 Å². The first-order chi connectivity index (χ1) is 7.08. The van der Waals surface area contributed by atoms with Crippen molar-refractivity contribution in [3.05, 3.63) is 11.6 Å². The second-order valence-corrected chi connectivity index (χ2v) is 3.66. The highest BCUT2D eigenvalue weighted by atomic mass is 16.4. The van der Waals surface area contributed by atoms with Gasteiger partial charge in [-0.05, 0) is 18.8 Å². The Hall–Kier alpha value is -1.40. The monoisotopic (exact) mass is 208 g/mol. The van der Waals surface area contributed by atoms with Crippen molar-refractivity contribution in [3.63, 3.8) is 0 Å². The Morgan fingerprint density at radius 3 is 1.93 bits per heavy atom. The Morgan fingerprint density at radius 2 is 1.53 bits per heavy atom. The molecule has 0 spiro atoms. The number of rotatable bonds is 1. The smallest absolute Gasteiger partial charge is 0.125 e. The molecule has 5 heteroatoms. The maximum atomic E-state index is 9.37. The third-order valence-corrected chi connectivity index (χ3v) is 2.52. The summed E-state index contributed by atoms with van der Waals surface area (Å²) in [5.74, 6) is -0.243. The quantitative estimate of drug-likeness (QED) is 0.501. The van der Waals surface area contributed by atoms with Crippen molar-refractivity contribution in [2.45, 2.75) is 31.2 Å². The van der Waals surface area contributed by atoms with Gasteiger partial charge in [-0.3, -0.25) is 0 Å². The van der Waals surface area contributed by atoms with Crippen molar-refractivity contribution >= 4 is 0 Å². The summed E-state index contributed by atoms with van der Waals surface area (Å²) in [5.41, 5.74) is -0.0317. The highest BCUT2D eigenvalue weighted by Gasteiger charge is 2.33. The minimum absolute atomic E-state index is 0.0317. The molecule has 0 amide bonds. The zero-order valence-corrected chi connectivity index (χ0v) is 8.04. The summed E-state index contributed by atoms with van der Waals surface area (Å²) in [6.07, 6.45) is -1.21. The second kappa shape index (κ2) is 4.90.